The molecule has 0 aliphatic carbocycles. The Morgan fingerprint density at radius 2 is 2.16 bits per heavy atom. The second-order valence-electron chi connectivity index (χ2n) is 5.27. The third-order valence-electron chi connectivity index (χ3n) is 3.92. The molecule has 0 amide bonds. The lowest BCUT2D eigenvalue weighted by Gasteiger charge is -2.35. The number of rotatable bonds is 5. The number of piperidine rings is 1. The first-order valence-corrected chi connectivity index (χ1v) is 7.19. The molecule has 1 fully saturated rings. The van der Waals surface area contributed by atoms with Gasteiger partial charge < -0.3 is 10.1 Å². The van der Waals surface area contributed by atoms with Crippen LogP contribution in [0.2, 0.25) is 0 Å². The molecule has 1 aliphatic rings. The Bertz CT molecular complexity index is 396. The van der Waals surface area contributed by atoms with E-state index in [1.165, 1.54) is 5.56 Å². The quantitative estimate of drug-likeness (QED) is 0.828. The van der Waals surface area contributed by atoms with E-state index in [0.717, 1.165) is 38.8 Å². The molecule has 1 atom stereocenters. The van der Waals surface area contributed by atoms with Gasteiger partial charge in [0, 0.05) is 6.54 Å². The predicted molar refractivity (Wildman–Crippen MR) is 75.9 cm³/mol. The summed E-state index contributed by atoms with van der Waals surface area (Å²) in [6.07, 6.45) is 3.78. The van der Waals surface area contributed by atoms with Gasteiger partial charge >= 0.3 is 5.97 Å². The van der Waals surface area contributed by atoms with Gasteiger partial charge in [-0.1, -0.05) is 30.3 Å². The van der Waals surface area contributed by atoms with Gasteiger partial charge in [-0.2, -0.15) is 0 Å². The highest BCUT2D eigenvalue weighted by Gasteiger charge is 2.40. The molecule has 1 N–H and O–H groups in total. The highest BCUT2D eigenvalue weighted by molar-refractivity contribution is 5.77. The first-order valence-electron chi connectivity index (χ1n) is 7.19. The van der Waals surface area contributed by atoms with E-state index in [2.05, 4.69) is 17.4 Å². The highest BCUT2D eigenvalue weighted by atomic mass is 16.5. The van der Waals surface area contributed by atoms with Crippen LogP contribution in [0.4, 0.5) is 0 Å². The molecule has 1 aromatic carbocycles. The van der Waals surface area contributed by atoms with Crippen molar-refractivity contribution in [1.29, 1.82) is 0 Å². The molecule has 0 unspecified atom stereocenters. The number of hydrogen-bond acceptors (Lipinski definition) is 3. The molecular weight excluding hydrogens is 238 g/mol. The van der Waals surface area contributed by atoms with Crippen LogP contribution < -0.4 is 5.32 Å². The Morgan fingerprint density at radius 3 is 2.79 bits per heavy atom. The zero-order valence-corrected chi connectivity index (χ0v) is 11.7. The van der Waals surface area contributed by atoms with Crippen molar-refractivity contribution in [2.24, 2.45) is 5.41 Å². The van der Waals surface area contributed by atoms with Gasteiger partial charge in [0.2, 0.25) is 0 Å². The number of hydrogen-bond donors (Lipinski definition) is 1. The molecule has 0 bridgehead atoms. The summed E-state index contributed by atoms with van der Waals surface area (Å²) in [5.41, 5.74) is 0.959. The molecule has 0 aromatic heterocycles. The molecule has 0 radical (unpaired) electrons. The Labute approximate surface area is 115 Å². The molecule has 104 valence electrons. The first-order chi connectivity index (χ1) is 9.27. The van der Waals surface area contributed by atoms with Crippen LogP contribution in [0.5, 0.6) is 0 Å². The normalized spacial score (nSPS) is 23.0. The third kappa shape index (κ3) is 3.57. The SMILES string of the molecule is CCOC(=O)[C@@]1(CCc2ccccc2)CCCNC1. The molecule has 3 nitrogen and oxygen atoms in total. The Morgan fingerprint density at radius 1 is 1.37 bits per heavy atom. The van der Waals surface area contributed by atoms with Crippen LogP contribution in [0.3, 0.4) is 0 Å². The lowest BCUT2D eigenvalue weighted by Crippen LogP contribution is -2.46. The molecule has 3 heteroatoms. The Balaban J connectivity index is 2.03. The van der Waals surface area contributed by atoms with Crippen LogP contribution in [-0.4, -0.2) is 25.7 Å². The van der Waals surface area contributed by atoms with Crippen molar-refractivity contribution in [3.05, 3.63) is 35.9 Å². The van der Waals surface area contributed by atoms with E-state index in [1.807, 2.05) is 25.1 Å². The van der Waals surface area contributed by atoms with Crippen molar-refractivity contribution >= 4 is 5.97 Å². The zero-order valence-electron chi connectivity index (χ0n) is 11.7. The van der Waals surface area contributed by atoms with Crippen LogP contribution in [-0.2, 0) is 16.0 Å². The van der Waals surface area contributed by atoms with E-state index in [9.17, 15) is 4.79 Å². The smallest absolute Gasteiger partial charge is 0.313 e. The fourth-order valence-electron chi connectivity index (χ4n) is 2.77. The predicted octanol–water partition coefficient (Wildman–Crippen LogP) is 2.55. The van der Waals surface area contributed by atoms with E-state index in [-0.39, 0.29) is 11.4 Å². The molecule has 1 aromatic rings. The number of nitrogens with one attached hydrogen (secondary N) is 1. The number of ether oxygens (including phenoxy) is 1. The number of aryl methyl sites for hydroxylation is 1. The molecule has 2 rings (SSSR count). The fraction of sp³-hybridized carbons (Fsp3) is 0.562. The number of carbonyl (C=O) groups excluding carboxylic acids is 1. The monoisotopic (exact) mass is 261 g/mol. The second kappa shape index (κ2) is 6.71. The molecule has 1 aliphatic heterocycles. The van der Waals surface area contributed by atoms with Crippen molar-refractivity contribution in [2.75, 3.05) is 19.7 Å². The Hall–Kier alpha value is -1.35. The average Bonchev–Trinajstić information content (AvgIpc) is 2.47. The summed E-state index contributed by atoms with van der Waals surface area (Å²) in [7, 11) is 0. The maximum Gasteiger partial charge on any atom is 0.313 e. The first kappa shape index (κ1) is 14.1. The maximum atomic E-state index is 12.3. The third-order valence-corrected chi connectivity index (χ3v) is 3.92. The topological polar surface area (TPSA) is 38.3 Å². The van der Waals surface area contributed by atoms with Gasteiger partial charge in [-0.3, -0.25) is 4.79 Å². The van der Waals surface area contributed by atoms with E-state index >= 15 is 0 Å². The summed E-state index contributed by atoms with van der Waals surface area (Å²) in [6, 6.07) is 10.4. The van der Waals surface area contributed by atoms with Crippen molar-refractivity contribution < 1.29 is 9.53 Å². The van der Waals surface area contributed by atoms with Crippen LogP contribution >= 0.6 is 0 Å². The van der Waals surface area contributed by atoms with Gasteiger partial charge in [0.25, 0.3) is 0 Å². The van der Waals surface area contributed by atoms with Gasteiger partial charge in [-0.15, -0.1) is 0 Å². The maximum absolute atomic E-state index is 12.3. The molecular formula is C16H23NO2. The van der Waals surface area contributed by atoms with Gasteiger partial charge in [-0.25, -0.2) is 0 Å². The van der Waals surface area contributed by atoms with E-state index < -0.39 is 0 Å². The van der Waals surface area contributed by atoms with Gasteiger partial charge in [-0.05, 0) is 44.7 Å². The van der Waals surface area contributed by atoms with Gasteiger partial charge in [0.05, 0.1) is 12.0 Å². The number of carbonyl (C=O) groups is 1. The van der Waals surface area contributed by atoms with Gasteiger partial charge in [0.15, 0.2) is 0 Å². The summed E-state index contributed by atoms with van der Waals surface area (Å²) < 4.78 is 5.29. The molecule has 1 saturated heterocycles. The largest absolute Gasteiger partial charge is 0.466 e. The number of esters is 1. The summed E-state index contributed by atoms with van der Waals surface area (Å²) >= 11 is 0. The summed E-state index contributed by atoms with van der Waals surface area (Å²) in [6.45, 7) is 4.09. The van der Waals surface area contributed by atoms with E-state index in [1.54, 1.807) is 0 Å². The fourth-order valence-corrected chi connectivity index (χ4v) is 2.77. The van der Waals surface area contributed by atoms with Crippen molar-refractivity contribution in [1.82, 2.24) is 5.32 Å². The highest BCUT2D eigenvalue weighted by Crippen LogP contribution is 2.33. The molecule has 0 saturated carbocycles. The minimum Gasteiger partial charge on any atom is -0.466 e. The summed E-state index contributed by atoms with van der Waals surface area (Å²) in [5, 5.41) is 3.35. The summed E-state index contributed by atoms with van der Waals surface area (Å²) in [4.78, 5) is 12.3. The minimum atomic E-state index is -0.329. The van der Waals surface area contributed by atoms with Crippen LogP contribution in [0, 0.1) is 5.41 Å². The van der Waals surface area contributed by atoms with E-state index in [4.69, 9.17) is 4.74 Å². The number of benzene rings is 1. The van der Waals surface area contributed by atoms with E-state index in [0.29, 0.717) is 6.61 Å². The lowest BCUT2D eigenvalue weighted by atomic mass is 9.76. The van der Waals surface area contributed by atoms with Gasteiger partial charge in [0.1, 0.15) is 0 Å². The zero-order chi connectivity index (χ0) is 13.6. The van der Waals surface area contributed by atoms with Crippen LogP contribution in [0.25, 0.3) is 0 Å². The molecule has 0 spiro atoms. The second-order valence-corrected chi connectivity index (χ2v) is 5.27. The molecule has 19 heavy (non-hydrogen) atoms. The average molecular weight is 261 g/mol. The van der Waals surface area contributed by atoms with Crippen LogP contribution in [0.15, 0.2) is 30.3 Å². The van der Waals surface area contributed by atoms with Crippen molar-refractivity contribution in [3.8, 4) is 0 Å². The molecule has 1 heterocycles. The standard InChI is InChI=1S/C16H23NO2/c1-2-19-15(18)16(10-6-12-17-13-16)11-9-14-7-4-3-5-8-14/h3-5,7-8,17H,2,6,9-13H2,1H3/t16-/m1/s1. The minimum absolute atomic E-state index is 0.0295. The lowest BCUT2D eigenvalue weighted by molar-refractivity contribution is -0.157. The van der Waals surface area contributed by atoms with Crippen molar-refractivity contribution in [2.45, 2.75) is 32.6 Å². The summed E-state index contributed by atoms with van der Waals surface area (Å²) in [5.74, 6) is -0.0295. The van der Waals surface area contributed by atoms with Crippen LogP contribution in [0.1, 0.15) is 31.7 Å². The Kier molecular flexibility index (Phi) is 4.97. The van der Waals surface area contributed by atoms with Crippen molar-refractivity contribution in [3.63, 3.8) is 0 Å².